The minimum Gasteiger partial charge on any atom is -0.262 e. The first-order valence-corrected chi connectivity index (χ1v) is 10.4. The van der Waals surface area contributed by atoms with Gasteiger partial charge < -0.3 is 0 Å². The third-order valence-corrected chi connectivity index (χ3v) is 4.94. The Morgan fingerprint density at radius 2 is 1.36 bits per heavy atom. The Morgan fingerprint density at radius 1 is 0.773 bits per heavy atom. The fraction of sp³-hybridized carbons (Fsp3) is 0.889. The van der Waals surface area contributed by atoms with Crippen LogP contribution in [0, 0.1) is 0 Å². The van der Waals surface area contributed by atoms with Crippen molar-refractivity contribution in [3.63, 3.8) is 0 Å². The Labute approximate surface area is 141 Å². The minimum absolute atomic E-state index is 0.939. The molecule has 1 heterocycles. The molecule has 0 aliphatic rings. The number of rotatable bonds is 15. The topological polar surface area (TPSA) is 41.6 Å². The molecule has 1 aromatic heterocycles. The highest BCUT2D eigenvalue weighted by molar-refractivity contribution is 7.99. The number of aromatic nitrogens is 3. The highest BCUT2D eigenvalue weighted by atomic mass is 32.2. The van der Waals surface area contributed by atoms with Crippen LogP contribution in [0.4, 0.5) is 0 Å². The van der Waals surface area contributed by atoms with Crippen molar-refractivity contribution in [1.82, 2.24) is 15.2 Å². The largest absolute Gasteiger partial charge is 0.262 e. The molecule has 0 aliphatic carbocycles. The zero-order valence-corrected chi connectivity index (χ0v) is 15.5. The Morgan fingerprint density at radius 3 is 2.05 bits per heavy atom. The van der Waals surface area contributed by atoms with E-state index in [1.807, 2.05) is 0 Å². The van der Waals surface area contributed by atoms with Gasteiger partial charge in [0, 0.05) is 12.2 Å². The molecule has 0 atom stereocenters. The van der Waals surface area contributed by atoms with E-state index in [1.54, 1.807) is 11.8 Å². The predicted molar refractivity (Wildman–Crippen MR) is 97.6 cm³/mol. The molecule has 0 saturated heterocycles. The van der Waals surface area contributed by atoms with Crippen LogP contribution in [-0.4, -0.2) is 20.9 Å². The SMILES string of the molecule is CCCCCCCCSc1n[nH]c(CCCCCCCC)n1. The standard InChI is InChI=1S/C18H35N3S/c1-3-5-7-9-11-13-15-17-19-18(21-20-17)22-16-14-12-10-8-6-4-2/h3-16H2,1-2H3,(H,19,20,21). The summed E-state index contributed by atoms with van der Waals surface area (Å²) in [5, 5.41) is 8.35. The van der Waals surface area contributed by atoms with Gasteiger partial charge in [0.2, 0.25) is 5.16 Å². The summed E-state index contributed by atoms with van der Waals surface area (Å²) in [6.45, 7) is 4.53. The molecule has 1 aromatic rings. The molecule has 0 aromatic carbocycles. The van der Waals surface area contributed by atoms with E-state index in [9.17, 15) is 0 Å². The lowest BCUT2D eigenvalue weighted by molar-refractivity contribution is 0.601. The van der Waals surface area contributed by atoms with Gasteiger partial charge >= 0.3 is 0 Å². The summed E-state index contributed by atoms with van der Waals surface area (Å²) >= 11 is 1.80. The summed E-state index contributed by atoms with van der Waals surface area (Å²) in [7, 11) is 0. The van der Waals surface area contributed by atoms with E-state index in [-0.39, 0.29) is 0 Å². The van der Waals surface area contributed by atoms with E-state index in [0.717, 1.165) is 23.2 Å². The second-order valence-electron chi connectivity index (χ2n) is 6.20. The van der Waals surface area contributed by atoms with Gasteiger partial charge in [0.25, 0.3) is 0 Å². The van der Waals surface area contributed by atoms with E-state index >= 15 is 0 Å². The molecule has 3 nitrogen and oxygen atoms in total. The summed E-state index contributed by atoms with van der Waals surface area (Å²) in [6.07, 6.45) is 17.2. The van der Waals surface area contributed by atoms with Gasteiger partial charge in [-0.15, -0.1) is 5.10 Å². The minimum atomic E-state index is 0.939. The number of thioether (sulfide) groups is 1. The van der Waals surface area contributed by atoms with Gasteiger partial charge in [-0.3, -0.25) is 5.10 Å². The number of aryl methyl sites for hydroxylation is 1. The molecular formula is C18H35N3S. The summed E-state index contributed by atoms with van der Waals surface area (Å²) < 4.78 is 0. The van der Waals surface area contributed by atoms with E-state index in [0.29, 0.717) is 0 Å². The smallest absolute Gasteiger partial charge is 0.208 e. The van der Waals surface area contributed by atoms with Crippen molar-refractivity contribution in [3.05, 3.63) is 5.82 Å². The Kier molecular flexibility index (Phi) is 12.5. The molecule has 4 heteroatoms. The van der Waals surface area contributed by atoms with Gasteiger partial charge in [0.15, 0.2) is 0 Å². The van der Waals surface area contributed by atoms with Crippen LogP contribution in [0.5, 0.6) is 0 Å². The summed E-state index contributed by atoms with van der Waals surface area (Å²) in [4.78, 5) is 4.59. The van der Waals surface area contributed by atoms with Crippen LogP contribution in [0.15, 0.2) is 5.16 Å². The Balaban J connectivity index is 1.99. The third-order valence-electron chi connectivity index (χ3n) is 4.01. The van der Waals surface area contributed by atoms with Crippen LogP contribution in [0.3, 0.4) is 0 Å². The van der Waals surface area contributed by atoms with Crippen molar-refractivity contribution in [1.29, 1.82) is 0 Å². The van der Waals surface area contributed by atoms with Gasteiger partial charge in [-0.05, 0) is 12.8 Å². The number of hydrogen-bond donors (Lipinski definition) is 1. The van der Waals surface area contributed by atoms with Crippen molar-refractivity contribution < 1.29 is 0 Å². The first kappa shape index (κ1) is 19.5. The summed E-state index contributed by atoms with van der Waals surface area (Å²) in [5.41, 5.74) is 0. The summed E-state index contributed by atoms with van der Waals surface area (Å²) in [5.74, 6) is 2.22. The quantitative estimate of drug-likeness (QED) is 0.310. The normalized spacial score (nSPS) is 11.2. The second-order valence-corrected chi connectivity index (χ2v) is 7.26. The van der Waals surface area contributed by atoms with Crippen LogP contribution in [0.1, 0.15) is 96.7 Å². The molecule has 1 N–H and O–H groups in total. The average Bonchev–Trinajstić information content (AvgIpc) is 2.98. The summed E-state index contributed by atoms with van der Waals surface area (Å²) in [6, 6.07) is 0. The van der Waals surface area contributed by atoms with E-state index in [1.165, 1.54) is 77.0 Å². The van der Waals surface area contributed by atoms with Crippen molar-refractivity contribution in [3.8, 4) is 0 Å². The number of nitrogens with one attached hydrogen (secondary N) is 1. The first-order valence-electron chi connectivity index (χ1n) is 9.40. The van der Waals surface area contributed by atoms with Crippen molar-refractivity contribution in [2.45, 2.75) is 102 Å². The molecule has 0 bridgehead atoms. The molecule has 0 fully saturated rings. The van der Waals surface area contributed by atoms with Crippen molar-refractivity contribution in [2.24, 2.45) is 0 Å². The zero-order valence-electron chi connectivity index (χ0n) is 14.7. The number of H-pyrrole nitrogens is 1. The molecule has 0 spiro atoms. The molecule has 22 heavy (non-hydrogen) atoms. The first-order chi connectivity index (χ1) is 10.9. The van der Waals surface area contributed by atoms with Crippen LogP contribution in [0.2, 0.25) is 0 Å². The second kappa shape index (κ2) is 14.1. The van der Waals surface area contributed by atoms with E-state index < -0.39 is 0 Å². The van der Waals surface area contributed by atoms with Crippen molar-refractivity contribution in [2.75, 3.05) is 5.75 Å². The maximum Gasteiger partial charge on any atom is 0.208 e. The molecule has 0 amide bonds. The monoisotopic (exact) mass is 325 g/mol. The fourth-order valence-corrected chi connectivity index (χ4v) is 3.39. The van der Waals surface area contributed by atoms with Gasteiger partial charge in [-0.1, -0.05) is 89.8 Å². The van der Waals surface area contributed by atoms with Gasteiger partial charge in [-0.25, -0.2) is 4.98 Å². The average molecular weight is 326 g/mol. The lowest BCUT2D eigenvalue weighted by Crippen LogP contribution is -1.89. The van der Waals surface area contributed by atoms with Crippen LogP contribution in [-0.2, 0) is 6.42 Å². The van der Waals surface area contributed by atoms with E-state index in [4.69, 9.17) is 0 Å². The fourth-order valence-electron chi connectivity index (χ4n) is 2.57. The highest BCUT2D eigenvalue weighted by Gasteiger charge is 2.03. The van der Waals surface area contributed by atoms with Crippen LogP contribution >= 0.6 is 11.8 Å². The molecule has 0 aliphatic heterocycles. The van der Waals surface area contributed by atoms with Crippen LogP contribution in [0.25, 0.3) is 0 Å². The van der Waals surface area contributed by atoms with Gasteiger partial charge in [-0.2, -0.15) is 0 Å². The number of unbranched alkanes of at least 4 members (excludes halogenated alkanes) is 10. The van der Waals surface area contributed by atoms with Crippen LogP contribution < -0.4 is 0 Å². The molecule has 1 rings (SSSR count). The Bertz CT molecular complexity index is 352. The lowest BCUT2D eigenvalue weighted by atomic mass is 10.1. The zero-order chi connectivity index (χ0) is 15.9. The molecular weight excluding hydrogens is 290 g/mol. The molecule has 0 unspecified atom stereocenters. The van der Waals surface area contributed by atoms with E-state index in [2.05, 4.69) is 29.0 Å². The number of nitrogens with zero attached hydrogens (tertiary/aromatic N) is 2. The maximum absolute atomic E-state index is 4.59. The maximum atomic E-state index is 4.59. The molecule has 0 saturated carbocycles. The highest BCUT2D eigenvalue weighted by Crippen LogP contribution is 2.16. The number of hydrogen-bond acceptors (Lipinski definition) is 3. The van der Waals surface area contributed by atoms with Crippen molar-refractivity contribution >= 4 is 11.8 Å². The lowest BCUT2D eigenvalue weighted by Gasteiger charge is -1.99. The molecule has 128 valence electrons. The van der Waals surface area contributed by atoms with Gasteiger partial charge in [0.1, 0.15) is 5.82 Å². The third kappa shape index (κ3) is 10.3. The van der Waals surface area contributed by atoms with Gasteiger partial charge in [0.05, 0.1) is 0 Å². The predicted octanol–water partition coefficient (Wildman–Crippen LogP) is 6.16. The molecule has 0 radical (unpaired) electrons. The Hall–Kier alpha value is -0.510. The number of aromatic amines is 1.